The van der Waals surface area contributed by atoms with Crippen LogP contribution in [0.4, 0.5) is 0 Å². The summed E-state index contributed by atoms with van der Waals surface area (Å²) < 4.78 is 26.6. The van der Waals surface area contributed by atoms with Gasteiger partial charge in [0.2, 0.25) is 10.0 Å². The van der Waals surface area contributed by atoms with Gasteiger partial charge in [-0.1, -0.05) is 17.3 Å². The lowest BCUT2D eigenvalue weighted by molar-refractivity contribution is 0.520. The summed E-state index contributed by atoms with van der Waals surface area (Å²) in [6, 6.07) is 6.75. The molecule has 0 saturated carbocycles. The Kier molecular flexibility index (Phi) is 3.44. The minimum atomic E-state index is -3.36. The molecule has 2 aromatic rings. The minimum absolute atomic E-state index is 0.287. The van der Waals surface area contributed by atoms with Gasteiger partial charge in [-0.05, 0) is 17.7 Å². The lowest BCUT2D eigenvalue weighted by Gasteiger charge is -2.11. The topological polar surface area (TPSA) is 68.1 Å². The van der Waals surface area contributed by atoms with Crippen LogP contribution < -0.4 is 0 Å². The molecule has 1 aromatic heterocycles. The zero-order chi connectivity index (χ0) is 13.2. The third-order valence-corrected chi connectivity index (χ3v) is 4.35. The van der Waals surface area contributed by atoms with Crippen LogP contribution in [0.3, 0.4) is 0 Å². The van der Waals surface area contributed by atoms with Crippen molar-refractivity contribution in [1.82, 2.24) is 19.3 Å². The Morgan fingerprint density at radius 2 is 1.89 bits per heavy atom. The summed E-state index contributed by atoms with van der Waals surface area (Å²) in [5, 5.41) is 7.56. The van der Waals surface area contributed by atoms with Gasteiger partial charge in [0.1, 0.15) is 0 Å². The maximum Gasteiger partial charge on any atom is 0.242 e. The molecule has 0 unspecified atom stereocenters. The first-order valence-electron chi connectivity index (χ1n) is 5.36. The van der Waals surface area contributed by atoms with Gasteiger partial charge in [-0.15, -0.1) is 5.10 Å². The fraction of sp³-hybridized carbons (Fsp3) is 0.273. The van der Waals surface area contributed by atoms with E-state index in [1.54, 1.807) is 41.3 Å². The number of nitrogens with zero attached hydrogens (tertiary/aromatic N) is 4. The van der Waals surface area contributed by atoms with Gasteiger partial charge in [0.15, 0.2) is 0 Å². The van der Waals surface area contributed by atoms with E-state index in [1.807, 2.05) is 0 Å². The monoisotopic (exact) mass is 266 g/mol. The summed E-state index contributed by atoms with van der Waals surface area (Å²) in [5.74, 6) is 0. The van der Waals surface area contributed by atoms with Gasteiger partial charge in [0.05, 0.1) is 17.6 Å². The first kappa shape index (κ1) is 12.7. The number of sulfonamides is 1. The highest BCUT2D eigenvalue weighted by Crippen LogP contribution is 2.14. The number of hydrogen-bond donors (Lipinski definition) is 0. The number of rotatable bonds is 4. The van der Waals surface area contributed by atoms with Crippen LogP contribution in [0.2, 0.25) is 0 Å². The SMILES string of the molecule is CN(C)S(=O)(=O)c1ccc(Cn2ccnn2)cc1. The van der Waals surface area contributed by atoms with Gasteiger partial charge in [-0.25, -0.2) is 17.4 Å². The van der Waals surface area contributed by atoms with Crippen molar-refractivity contribution in [2.75, 3.05) is 14.1 Å². The second-order valence-corrected chi connectivity index (χ2v) is 6.18. The molecule has 0 N–H and O–H groups in total. The predicted octanol–water partition coefficient (Wildman–Crippen LogP) is 0.577. The van der Waals surface area contributed by atoms with Crippen LogP contribution >= 0.6 is 0 Å². The van der Waals surface area contributed by atoms with E-state index in [9.17, 15) is 8.42 Å². The molecule has 96 valence electrons. The number of aromatic nitrogens is 3. The molecule has 0 amide bonds. The lowest BCUT2D eigenvalue weighted by atomic mass is 10.2. The maximum atomic E-state index is 11.9. The van der Waals surface area contributed by atoms with E-state index in [0.29, 0.717) is 6.54 Å². The molecule has 0 aliphatic rings. The van der Waals surface area contributed by atoms with Crippen LogP contribution in [0.15, 0.2) is 41.6 Å². The Morgan fingerprint density at radius 1 is 1.22 bits per heavy atom. The van der Waals surface area contributed by atoms with Crippen LogP contribution in [0.25, 0.3) is 0 Å². The van der Waals surface area contributed by atoms with Gasteiger partial charge in [0, 0.05) is 20.3 Å². The summed E-state index contributed by atoms with van der Waals surface area (Å²) in [6.45, 7) is 0.572. The predicted molar refractivity (Wildman–Crippen MR) is 66.4 cm³/mol. The molecular weight excluding hydrogens is 252 g/mol. The van der Waals surface area contributed by atoms with Crippen molar-refractivity contribution < 1.29 is 8.42 Å². The van der Waals surface area contributed by atoms with E-state index in [-0.39, 0.29) is 4.90 Å². The first-order chi connectivity index (χ1) is 8.50. The molecule has 2 rings (SSSR count). The van der Waals surface area contributed by atoms with Crippen molar-refractivity contribution in [3.63, 3.8) is 0 Å². The molecule has 0 aliphatic carbocycles. The Morgan fingerprint density at radius 3 is 2.39 bits per heavy atom. The molecule has 7 heteroatoms. The third kappa shape index (κ3) is 2.57. The van der Waals surface area contributed by atoms with E-state index in [2.05, 4.69) is 10.3 Å². The molecule has 0 bridgehead atoms. The maximum absolute atomic E-state index is 11.9. The highest BCUT2D eigenvalue weighted by Gasteiger charge is 2.16. The molecule has 6 nitrogen and oxygen atoms in total. The number of hydrogen-bond acceptors (Lipinski definition) is 4. The molecular formula is C11H14N4O2S. The number of benzene rings is 1. The summed E-state index contributed by atoms with van der Waals surface area (Å²) in [7, 11) is -0.332. The highest BCUT2D eigenvalue weighted by atomic mass is 32.2. The van der Waals surface area contributed by atoms with Gasteiger partial charge >= 0.3 is 0 Å². The van der Waals surface area contributed by atoms with Gasteiger partial charge in [-0.2, -0.15) is 0 Å². The summed E-state index contributed by atoms with van der Waals surface area (Å²) in [4.78, 5) is 0.287. The van der Waals surface area contributed by atoms with Crippen LogP contribution in [0.5, 0.6) is 0 Å². The smallest absolute Gasteiger partial charge is 0.242 e. The van der Waals surface area contributed by atoms with E-state index >= 15 is 0 Å². The van der Waals surface area contributed by atoms with E-state index in [0.717, 1.165) is 5.56 Å². The Balaban J connectivity index is 2.21. The average Bonchev–Trinajstić information content (AvgIpc) is 2.82. The second kappa shape index (κ2) is 4.87. The lowest BCUT2D eigenvalue weighted by Crippen LogP contribution is -2.22. The fourth-order valence-electron chi connectivity index (χ4n) is 1.48. The second-order valence-electron chi connectivity index (χ2n) is 4.03. The van der Waals surface area contributed by atoms with E-state index < -0.39 is 10.0 Å². The van der Waals surface area contributed by atoms with Gasteiger partial charge < -0.3 is 0 Å². The van der Waals surface area contributed by atoms with Crippen molar-refractivity contribution in [2.24, 2.45) is 0 Å². The Bertz CT molecular complexity index is 603. The molecule has 18 heavy (non-hydrogen) atoms. The molecule has 0 aliphatic heterocycles. The molecule has 0 radical (unpaired) electrons. The van der Waals surface area contributed by atoms with E-state index in [1.165, 1.54) is 18.4 Å². The Hall–Kier alpha value is -1.73. The fourth-order valence-corrected chi connectivity index (χ4v) is 2.38. The van der Waals surface area contributed by atoms with Crippen molar-refractivity contribution >= 4 is 10.0 Å². The average molecular weight is 266 g/mol. The zero-order valence-corrected chi connectivity index (χ0v) is 11.0. The highest BCUT2D eigenvalue weighted by molar-refractivity contribution is 7.89. The minimum Gasteiger partial charge on any atom is -0.248 e. The standard InChI is InChI=1S/C11H14N4O2S/c1-14(2)18(16,17)11-5-3-10(4-6-11)9-15-8-7-12-13-15/h3-8H,9H2,1-2H3. The normalized spacial score (nSPS) is 11.9. The molecule has 1 heterocycles. The van der Waals surface area contributed by atoms with E-state index in [4.69, 9.17) is 0 Å². The van der Waals surface area contributed by atoms with Crippen LogP contribution in [0.1, 0.15) is 5.56 Å². The van der Waals surface area contributed by atoms with Gasteiger partial charge in [0.25, 0.3) is 0 Å². The van der Waals surface area contributed by atoms with Crippen molar-refractivity contribution in [3.05, 3.63) is 42.2 Å². The molecule has 0 fully saturated rings. The summed E-state index contributed by atoms with van der Waals surface area (Å²) in [5.41, 5.74) is 0.971. The summed E-state index contributed by atoms with van der Waals surface area (Å²) >= 11 is 0. The quantitative estimate of drug-likeness (QED) is 0.811. The third-order valence-electron chi connectivity index (χ3n) is 2.52. The molecule has 1 aromatic carbocycles. The first-order valence-corrected chi connectivity index (χ1v) is 6.80. The van der Waals surface area contributed by atoms with Crippen LogP contribution in [-0.2, 0) is 16.6 Å². The van der Waals surface area contributed by atoms with Crippen LogP contribution in [-0.4, -0.2) is 41.8 Å². The van der Waals surface area contributed by atoms with Crippen molar-refractivity contribution in [2.45, 2.75) is 11.4 Å². The van der Waals surface area contributed by atoms with Crippen LogP contribution in [0, 0.1) is 0 Å². The van der Waals surface area contributed by atoms with Crippen molar-refractivity contribution in [1.29, 1.82) is 0 Å². The van der Waals surface area contributed by atoms with Crippen molar-refractivity contribution in [3.8, 4) is 0 Å². The summed E-state index contributed by atoms with van der Waals surface area (Å²) in [6.07, 6.45) is 3.36. The molecule has 0 atom stereocenters. The largest absolute Gasteiger partial charge is 0.248 e. The Labute approximate surface area is 106 Å². The molecule has 0 saturated heterocycles. The zero-order valence-electron chi connectivity index (χ0n) is 10.2. The molecule has 0 spiro atoms. The van der Waals surface area contributed by atoms with Gasteiger partial charge in [-0.3, -0.25) is 0 Å².